The van der Waals surface area contributed by atoms with Crippen LogP contribution in [-0.2, 0) is 14.3 Å². The Hall–Kier alpha value is -1.32. The first-order valence-corrected chi connectivity index (χ1v) is 3.77. The van der Waals surface area contributed by atoms with Crippen molar-refractivity contribution in [1.82, 2.24) is 5.32 Å². The van der Waals surface area contributed by atoms with Gasteiger partial charge in [0.1, 0.15) is 12.1 Å². The fourth-order valence-corrected chi connectivity index (χ4v) is 1.11. The van der Waals surface area contributed by atoms with Crippen molar-refractivity contribution in [3.05, 3.63) is 12.7 Å². The van der Waals surface area contributed by atoms with Crippen LogP contribution in [0.4, 0.5) is 0 Å². The third kappa shape index (κ3) is 1.84. The van der Waals surface area contributed by atoms with Crippen LogP contribution in [0.1, 0.15) is 13.3 Å². The number of nitrogens with one attached hydrogen (secondary N) is 1. The summed E-state index contributed by atoms with van der Waals surface area (Å²) in [6.07, 6.45) is 1.57. The third-order valence-corrected chi connectivity index (χ3v) is 1.67. The number of amides is 1. The Kier molecular flexibility index (Phi) is 2.47. The largest absolute Gasteiger partial charge is 0.461 e. The van der Waals surface area contributed by atoms with E-state index in [0.29, 0.717) is 6.42 Å². The lowest BCUT2D eigenvalue weighted by molar-refractivity contribution is -0.143. The Balaban J connectivity index is 2.48. The zero-order valence-corrected chi connectivity index (χ0v) is 6.87. The number of esters is 1. The molecule has 0 radical (unpaired) electrons. The molecule has 12 heavy (non-hydrogen) atoms. The van der Waals surface area contributed by atoms with E-state index in [1.54, 1.807) is 6.92 Å². The molecule has 1 N–H and O–H groups in total. The third-order valence-electron chi connectivity index (χ3n) is 1.67. The summed E-state index contributed by atoms with van der Waals surface area (Å²) in [6, 6.07) is -0.495. The van der Waals surface area contributed by atoms with Crippen molar-refractivity contribution in [2.45, 2.75) is 25.5 Å². The molecule has 1 aliphatic rings. The Bertz CT molecular complexity index is 224. The summed E-state index contributed by atoms with van der Waals surface area (Å²) in [6.45, 7) is 5.07. The van der Waals surface area contributed by atoms with Gasteiger partial charge in [-0.2, -0.15) is 0 Å². The smallest absolute Gasteiger partial charge is 0.329 e. The number of hydrogen-bond donors (Lipinski definition) is 1. The summed E-state index contributed by atoms with van der Waals surface area (Å²) in [7, 11) is 0. The van der Waals surface area contributed by atoms with Gasteiger partial charge < -0.3 is 10.1 Å². The van der Waals surface area contributed by atoms with Gasteiger partial charge in [0.05, 0.1) is 0 Å². The standard InChI is InChI=1S/C8H11NO3/c1-3-7(10)9-6-4-5(2)12-8(6)11/h3,5-6H,1,4H2,2H3,(H,9,10). The van der Waals surface area contributed by atoms with Crippen molar-refractivity contribution < 1.29 is 14.3 Å². The zero-order chi connectivity index (χ0) is 9.14. The molecule has 1 saturated heterocycles. The molecule has 1 heterocycles. The highest BCUT2D eigenvalue weighted by atomic mass is 16.6. The average Bonchev–Trinajstić information content (AvgIpc) is 2.30. The number of ether oxygens (including phenoxy) is 1. The first kappa shape index (κ1) is 8.77. The summed E-state index contributed by atoms with van der Waals surface area (Å²) in [5.41, 5.74) is 0. The van der Waals surface area contributed by atoms with E-state index in [0.717, 1.165) is 6.08 Å². The topological polar surface area (TPSA) is 55.4 Å². The van der Waals surface area contributed by atoms with Crippen molar-refractivity contribution in [1.29, 1.82) is 0 Å². The molecule has 0 aromatic heterocycles. The maximum Gasteiger partial charge on any atom is 0.329 e. The molecule has 2 atom stereocenters. The lowest BCUT2D eigenvalue weighted by atomic mass is 10.2. The van der Waals surface area contributed by atoms with Gasteiger partial charge >= 0.3 is 5.97 Å². The van der Waals surface area contributed by atoms with Gasteiger partial charge in [0, 0.05) is 6.42 Å². The zero-order valence-electron chi connectivity index (χ0n) is 6.87. The number of rotatable bonds is 2. The van der Waals surface area contributed by atoms with Crippen molar-refractivity contribution in [3.63, 3.8) is 0 Å². The Morgan fingerprint density at radius 2 is 2.50 bits per heavy atom. The summed E-state index contributed by atoms with van der Waals surface area (Å²) >= 11 is 0. The van der Waals surface area contributed by atoms with Crippen LogP contribution in [0.3, 0.4) is 0 Å². The fraction of sp³-hybridized carbons (Fsp3) is 0.500. The lowest BCUT2D eigenvalue weighted by Gasteiger charge is -2.04. The Morgan fingerprint density at radius 3 is 2.92 bits per heavy atom. The molecular formula is C8H11NO3. The normalized spacial score (nSPS) is 27.9. The van der Waals surface area contributed by atoms with Crippen LogP contribution < -0.4 is 5.32 Å². The van der Waals surface area contributed by atoms with Gasteiger partial charge in [-0.1, -0.05) is 6.58 Å². The minimum absolute atomic E-state index is 0.104. The molecule has 0 bridgehead atoms. The molecule has 0 aromatic carbocycles. The Morgan fingerprint density at radius 1 is 1.83 bits per heavy atom. The molecular weight excluding hydrogens is 158 g/mol. The van der Waals surface area contributed by atoms with Gasteiger partial charge in [-0.05, 0) is 13.0 Å². The minimum Gasteiger partial charge on any atom is -0.461 e. The highest BCUT2D eigenvalue weighted by Crippen LogP contribution is 2.13. The monoisotopic (exact) mass is 169 g/mol. The van der Waals surface area contributed by atoms with Gasteiger partial charge in [0.2, 0.25) is 5.91 Å². The predicted octanol–water partition coefficient (Wildman–Crippen LogP) is -0.00740. The molecule has 4 nitrogen and oxygen atoms in total. The van der Waals surface area contributed by atoms with Gasteiger partial charge in [-0.25, -0.2) is 4.79 Å². The molecule has 0 aromatic rings. The molecule has 2 unspecified atom stereocenters. The van der Waals surface area contributed by atoms with Gasteiger partial charge in [-0.3, -0.25) is 4.79 Å². The second kappa shape index (κ2) is 3.38. The van der Waals surface area contributed by atoms with Gasteiger partial charge in [0.15, 0.2) is 0 Å². The molecule has 0 saturated carbocycles. The van der Waals surface area contributed by atoms with E-state index in [-0.39, 0.29) is 18.0 Å². The van der Waals surface area contributed by atoms with Crippen LogP contribution in [0.25, 0.3) is 0 Å². The van der Waals surface area contributed by atoms with Crippen molar-refractivity contribution in [2.75, 3.05) is 0 Å². The molecule has 1 amide bonds. The van der Waals surface area contributed by atoms with Crippen LogP contribution >= 0.6 is 0 Å². The van der Waals surface area contributed by atoms with Gasteiger partial charge in [-0.15, -0.1) is 0 Å². The second-order valence-corrected chi connectivity index (χ2v) is 2.75. The summed E-state index contributed by atoms with van der Waals surface area (Å²) < 4.78 is 4.83. The minimum atomic E-state index is -0.495. The molecule has 1 aliphatic heterocycles. The molecule has 1 fully saturated rings. The van der Waals surface area contributed by atoms with Crippen molar-refractivity contribution in [3.8, 4) is 0 Å². The average molecular weight is 169 g/mol. The van der Waals surface area contributed by atoms with E-state index in [2.05, 4.69) is 11.9 Å². The van der Waals surface area contributed by atoms with Crippen LogP contribution in [0.5, 0.6) is 0 Å². The lowest BCUT2D eigenvalue weighted by Crippen LogP contribution is -2.36. The second-order valence-electron chi connectivity index (χ2n) is 2.75. The molecule has 1 rings (SSSR count). The number of carbonyl (C=O) groups is 2. The molecule has 4 heteroatoms. The van der Waals surface area contributed by atoms with Crippen LogP contribution in [0, 0.1) is 0 Å². The summed E-state index contributed by atoms with van der Waals surface area (Å²) in [4.78, 5) is 21.7. The highest BCUT2D eigenvalue weighted by molar-refractivity contribution is 5.91. The SMILES string of the molecule is C=CC(=O)NC1CC(C)OC1=O. The summed E-state index contributed by atoms with van der Waals surface area (Å²) in [5.74, 6) is -0.705. The van der Waals surface area contributed by atoms with Crippen LogP contribution in [0.15, 0.2) is 12.7 Å². The van der Waals surface area contributed by atoms with Crippen molar-refractivity contribution >= 4 is 11.9 Å². The predicted molar refractivity (Wildman–Crippen MR) is 42.3 cm³/mol. The van der Waals surface area contributed by atoms with E-state index >= 15 is 0 Å². The Labute approximate surface area is 70.6 Å². The van der Waals surface area contributed by atoms with E-state index in [1.807, 2.05) is 0 Å². The van der Waals surface area contributed by atoms with Crippen LogP contribution in [-0.4, -0.2) is 24.0 Å². The fourth-order valence-electron chi connectivity index (χ4n) is 1.11. The number of carbonyl (C=O) groups excluding carboxylic acids is 2. The first-order valence-electron chi connectivity index (χ1n) is 3.77. The summed E-state index contributed by atoms with van der Waals surface area (Å²) in [5, 5.41) is 2.48. The quantitative estimate of drug-likeness (QED) is 0.467. The molecule has 0 spiro atoms. The number of hydrogen-bond acceptors (Lipinski definition) is 3. The molecule has 0 aliphatic carbocycles. The molecule has 66 valence electrons. The maximum absolute atomic E-state index is 11.0. The number of cyclic esters (lactones) is 1. The van der Waals surface area contributed by atoms with E-state index in [1.165, 1.54) is 0 Å². The van der Waals surface area contributed by atoms with E-state index in [9.17, 15) is 9.59 Å². The van der Waals surface area contributed by atoms with Crippen LogP contribution in [0.2, 0.25) is 0 Å². The van der Waals surface area contributed by atoms with E-state index < -0.39 is 6.04 Å². The van der Waals surface area contributed by atoms with E-state index in [4.69, 9.17) is 4.74 Å². The highest BCUT2D eigenvalue weighted by Gasteiger charge is 2.32. The maximum atomic E-state index is 11.0. The van der Waals surface area contributed by atoms with Crippen molar-refractivity contribution in [2.24, 2.45) is 0 Å². The van der Waals surface area contributed by atoms with Gasteiger partial charge in [0.25, 0.3) is 0 Å². The first-order chi connectivity index (χ1) is 5.63.